The molecule has 24 heavy (non-hydrogen) atoms. The Morgan fingerprint density at radius 3 is 2.79 bits per heavy atom. The van der Waals surface area contributed by atoms with E-state index in [1.54, 1.807) is 18.2 Å². The first kappa shape index (κ1) is 16.1. The quantitative estimate of drug-likeness (QED) is 0.592. The zero-order chi connectivity index (χ0) is 16.9. The summed E-state index contributed by atoms with van der Waals surface area (Å²) in [6, 6.07) is 7.56. The van der Waals surface area contributed by atoms with Gasteiger partial charge in [-0.05, 0) is 36.8 Å². The highest BCUT2D eigenvalue weighted by atomic mass is 32.1. The second-order valence-electron chi connectivity index (χ2n) is 5.07. The summed E-state index contributed by atoms with van der Waals surface area (Å²) in [5.74, 6) is -0.558. The summed E-state index contributed by atoms with van der Waals surface area (Å²) in [7, 11) is 0. The molecule has 3 rings (SSSR count). The number of carbonyl (C=O) groups excluding carboxylic acids is 1. The minimum atomic E-state index is -0.315. The second kappa shape index (κ2) is 7.18. The van der Waals surface area contributed by atoms with E-state index < -0.39 is 0 Å². The average Bonchev–Trinajstić information content (AvgIpc) is 3.21. The molecule has 1 aromatic carbocycles. The fourth-order valence-electron chi connectivity index (χ4n) is 2.11. The maximum absolute atomic E-state index is 12.9. The van der Waals surface area contributed by atoms with Gasteiger partial charge in [-0.25, -0.2) is 4.39 Å². The van der Waals surface area contributed by atoms with Gasteiger partial charge < -0.3 is 11.1 Å². The Labute approximate surface area is 141 Å². The number of benzene rings is 1. The van der Waals surface area contributed by atoms with Gasteiger partial charge in [0, 0.05) is 18.5 Å². The number of aromatic nitrogens is 4. The van der Waals surface area contributed by atoms with E-state index in [1.165, 1.54) is 23.5 Å². The summed E-state index contributed by atoms with van der Waals surface area (Å²) >= 11 is 1.34. The van der Waals surface area contributed by atoms with Crippen molar-refractivity contribution in [2.75, 3.05) is 12.3 Å². The van der Waals surface area contributed by atoms with E-state index in [1.807, 2.05) is 0 Å². The fourth-order valence-corrected chi connectivity index (χ4v) is 2.76. The Morgan fingerprint density at radius 2 is 2.08 bits per heavy atom. The molecule has 0 fully saturated rings. The van der Waals surface area contributed by atoms with E-state index in [2.05, 4.69) is 25.7 Å². The number of aromatic amines is 1. The highest BCUT2D eigenvalue weighted by Crippen LogP contribution is 2.18. The van der Waals surface area contributed by atoms with E-state index in [4.69, 9.17) is 5.73 Å². The Balaban J connectivity index is 1.51. The summed E-state index contributed by atoms with van der Waals surface area (Å²) < 4.78 is 12.9. The predicted molar refractivity (Wildman–Crippen MR) is 89.0 cm³/mol. The first-order valence-electron chi connectivity index (χ1n) is 7.29. The Bertz CT molecular complexity index is 829. The molecule has 0 aliphatic carbocycles. The van der Waals surface area contributed by atoms with E-state index in [0.29, 0.717) is 29.5 Å². The molecule has 3 aromatic rings. The normalized spacial score (nSPS) is 10.7. The van der Waals surface area contributed by atoms with Crippen LogP contribution >= 0.6 is 11.3 Å². The molecule has 0 atom stereocenters. The summed E-state index contributed by atoms with van der Waals surface area (Å²) in [6.45, 7) is 0.503. The molecular formula is C15H15FN6OS. The zero-order valence-corrected chi connectivity index (χ0v) is 13.4. The van der Waals surface area contributed by atoms with E-state index in [-0.39, 0.29) is 11.7 Å². The summed E-state index contributed by atoms with van der Waals surface area (Å²) in [4.78, 5) is 12.1. The molecule has 0 aliphatic heterocycles. The number of anilines is 1. The van der Waals surface area contributed by atoms with Crippen LogP contribution in [0.5, 0.6) is 0 Å². The SMILES string of the molecule is Nc1nnc(CCCNC(=O)c2cc(-c3ccc(F)cc3)n[nH]2)s1. The molecule has 0 unspecified atom stereocenters. The lowest BCUT2D eigenvalue weighted by Crippen LogP contribution is -2.25. The Morgan fingerprint density at radius 1 is 1.29 bits per heavy atom. The van der Waals surface area contributed by atoms with Crippen molar-refractivity contribution in [1.82, 2.24) is 25.7 Å². The standard InChI is InChI=1S/C15H15FN6OS/c16-10-5-3-9(4-6-10)11-8-12(20-19-11)14(23)18-7-1-2-13-21-22-15(17)24-13/h3-6,8H,1-2,7H2,(H2,17,22)(H,18,23)(H,19,20). The van der Waals surface area contributed by atoms with E-state index >= 15 is 0 Å². The molecule has 7 nitrogen and oxygen atoms in total. The Kier molecular flexibility index (Phi) is 4.80. The van der Waals surface area contributed by atoms with Crippen LogP contribution in [-0.2, 0) is 6.42 Å². The number of nitrogens with zero attached hydrogens (tertiary/aromatic N) is 3. The molecule has 0 bridgehead atoms. The van der Waals surface area contributed by atoms with Crippen LogP contribution in [0.25, 0.3) is 11.3 Å². The zero-order valence-electron chi connectivity index (χ0n) is 12.6. The number of nitrogens with one attached hydrogen (secondary N) is 2. The van der Waals surface area contributed by atoms with Crippen molar-refractivity contribution < 1.29 is 9.18 Å². The van der Waals surface area contributed by atoms with Crippen molar-refractivity contribution in [1.29, 1.82) is 0 Å². The highest BCUT2D eigenvalue weighted by molar-refractivity contribution is 7.15. The lowest BCUT2D eigenvalue weighted by Gasteiger charge is -2.01. The lowest BCUT2D eigenvalue weighted by molar-refractivity contribution is 0.0948. The molecule has 4 N–H and O–H groups in total. The number of nitrogen functional groups attached to an aromatic ring is 1. The van der Waals surface area contributed by atoms with Gasteiger partial charge in [-0.3, -0.25) is 9.89 Å². The van der Waals surface area contributed by atoms with Crippen molar-refractivity contribution >= 4 is 22.4 Å². The maximum Gasteiger partial charge on any atom is 0.269 e. The average molecular weight is 346 g/mol. The second-order valence-corrected chi connectivity index (χ2v) is 6.16. The summed E-state index contributed by atoms with van der Waals surface area (Å²) in [5.41, 5.74) is 7.19. The summed E-state index contributed by atoms with van der Waals surface area (Å²) in [5, 5.41) is 18.5. The molecule has 124 valence electrons. The third-order valence-corrected chi connectivity index (χ3v) is 4.11. The number of nitrogens with two attached hydrogens (primary N) is 1. The van der Waals surface area contributed by atoms with Gasteiger partial charge in [0.1, 0.15) is 16.5 Å². The lowest BCUT2D eigenvalue weighted by atomic mass is 10.1. The van der Waals surface area contributed by atoms with Crippen LogP contribution in [0.15, 0.2) is 30.3 Å². The monoisotopic (exact) mass is 346 g/mol. The minimum Gasteiger partial charge on any atom is -0.374 e. The van der Waals surface area contributed by atoms with Crippen LogP contribution in [-0.4, -0.2) is 32.8 Å². The van der Waals surface area contributed by atoms with Gasteiger partial charge in [-0.15, -0.1) is 10.2 Å². The molecule has 2 aromatic heterocycles. The molecule has 0 aliphatic rings. The third-order valence-electron chi connectivity index (χ3n) is 3.30. The van der Waals surface area contributed by atoms with Gasteiger partial charge >= 0.3 is 0 Å². The number of carbonyl (C=O) groups is 1. The number of halogens is 1. The first-order chi connectivity index (χ1) is 11.6. The van der Waals surface area contributed by atoms with Crippen molar-refractivity contribution in [3.63, 3.8) is 0 Å². The molecule has 2 heterocycles. The van der Waals surface area contributed by atoms with Crippen LogP contribution in [0.2, 0.25) is 0 Å². The molecule has 0 radical (unpaired) electrons. The van der Waals surface area contributed by atoms with Crippen LogP contribution in [0.4, 0.5) is 9.52 Å². The number of amides is 1. The third kappa shape index (κ3) is 3.93. The van der Waals surface area contributed by atoms with Gasteiger partial charge in [0.25, 0.3) is 5.91 Å². The van der Waals surface area contributed by atoms with Crippen molar-refractivity contribution in [3.8, 4) is 11.3 Å². The van der Waals surface area contributed by atoms with E-state index in [0.717, 1.165) is 17.0 Å². The number of rotatable bonds is 6. The van der Waals surface area contributed by atoms with Crippen LogP contribution < -0.4 is 11.1 Å². The molecule has 1 amide bonds. The highest BCUT2D eigenvalue weighted by Gasteiger charge is 2.11. The van der Waals surface area contributed by atoms with Gasteiger partial charge in [0.15, 0.2) is 0 Å². The molecule has 9 heteroatoms. The number of hydrogen-bond acceptors (Lipinski definition) is 6. The first-order valence-corrected chi connectivity index (χ1v) is 8.11. The summed E-state index contributed by atoms with van der Waals surface area (Å²) in [6.07, 6.45) is 1.44. The van der Waals surface area contributed by atoms with Gasteiger partial charge in [-0.1, -0.05) is 11.3 Å². The van der Waals surface area contributed by atoms with Crippen molar-refractivity contribution in [2.24, 2.45) is 0 Å². The van der Waals surface area contributed by atoms with E-state index in [9.17, 15) is 9.18 Å². The number of hydrogen-bond donors (Lipinski definition) is 3. The molecule has 0 saturated carbocycles. The van der Waals surface area contributed by atoms with Crippen LogP contribution in [0.1, 0.15) is 21.9 Å². The van der Waals surface area contributed by atoms with Gasteiger partial charge in [0.05, 0.1) is 5.69 Å². The van der Waals surface area contributed by atoms with Gasteiger partial charge in [-0.2, -0.15) is 5.10 Å². The van der Waals surface area contributed by atoms with Crippen molar-refractivity contribution in [3.05, 3.63) is 46.9 Å². The Hall–Kier alpha value is -2.81. The van der Waals surface area contributed by atoms with Crippen LogP contribution in [0, 0.1) is 5.82 Å². The smallest absolute Gasteiger partial charge is 0.269 e. The minimum absolute atomic E-state index is 0.243. The largest absolute Gasteiger partial charge is 0.374 e. The molecular weight excluding hydrogens is 331 g/mol. The van der Waals surface area contributed by atoms with Crippen LogP contribution in [0.3, 0.4) is 0 Å². The molecule has 0 saturated heterocycles. The topological polar surface area (TPSA) is 110 Å². The van der Waals surface area contributed by atoms with Crippen molar-refractivity contribution in [2.45, 2.75) is 12.8 Å². The predicted octanol–water partition coefficient (Wildman–Crippen LogP) is 2.01. The molecule has 0 spiro atoms. The number of aryl methyl sites for hydroxylation is 1. The maximum atomic E-state index is 12.9. The van der Waals surface area contributed by atoms with Gasteiger partial charge in [0.2, 0.25) is 5.13 Å². The number of H-pyrrole nitrogens is 1. The fraction of sp³-hybridized carbons (Fsp3) is 0.200.